The summed E-state index contributed by atoms with van der Waals surface area (Å²) >= 11 is 8.25. The molecule has 12 atom stereocenters. The molecule has 95 heavy (non-hydrogen) atoms. The number of hydrogen-bond acceptors (Lipinski definition) is 18. The molecule has 12 rings (SSSR count). The molecule has 4 N–H and O–H groups in total. The minimum absolute atomic E-state index is 0.210. The smallest absolute Gasteiger partial charge is 0.161 e. The van der Waals surface area contributed by atoms with Crippen molar-refractivity contribution in [3.8, 4) is 46.0 Å². The lowest BCUT2D eigenvalue weighted by atomic mass is 9.79. The van der Waals surface area contributed by atoms with Gasteiger partial charge in [0, 0.05) is 108 Å². The summed E-state index contributed by atoms with van der Waals surface area (Å²) in [6, 6.07) is 18.1. The number of hydrogen-bond donors (Lipinski definition) is 4. The molecule has 0 aliphatic carbocycles. The third kappa shape index (κ3) is 18.7. The number of fused-ring (bicyclic) bond motifs is 12. The van der Waals surface area contributed by atoms with Crippen molar-refractivity contribution >= 4 is 31.3 Å². The first-order valence-electron chi connectivity index (χ1n) is 35.1. The Balaban J connectivity index is 0.000000160. The predicted octanol–water partition coefficient (Wildman–Crippen LogP) is 12.1. The van der Waals surface area contributed by atoms with Crippen molar-refractivity contribution in [2.75, 3.05) is 109 Å². The number of nitrogens with zero attached hydrogens (tertiary/aromatic N) is 4. The topological polar surface area (TPSA) is 168 Å². The fourth-order valence-corrected chi connectivity index (χ4v) is 17.0. The average molecular weight is 1370 g/mol. The maximum atomic E-state index is 10.6. The van der Waals surface area contributed by atoms with E-state index in [4.69, 9.17) is 37.9 Å². The van der Waals surface area contributed by atoms with Gasteiger partial charge in [0.2, 0.25) is 0 Å². The van der Waals surface area contributed by atoms with Crippen molar-refractivity contribution in [3.05, 3.63) is 93.0 Å². The van der Waals surface area contributed by atoms with Crippen LogP contribution in [-0.2, 0) is 56.9 Å². The van der Waals surface area contributed by atoms with E-state index < -0.39 is 0 Å². The van der Waals surface area contributed by atoms with E-state index in [9.17, 15) is 20.4 Å². The first-order chi connectivity index (χ1) is 45.5. The Morgan fingerprint density at radius 3 is 0.663 bits per heavy atom. The molecule has 8 heterocycles. The van der Waals surface area contributed by atoms with Gasteiger partial charge in [0.1, 0.15) is 0 Å². The van der Waals surface area contributed by atoms with Crippen molar-refractivity contribution in [3.63, 3.8) is 0 Å². The van der Waals surface area contributed by atoms with E-state index in [1.165, 1.54) is 44.5 Å². The largest absolute Gasteiger partial charge is 0.493 e. The van der Waals surface area contributed by atoms with E-state index in [0.717, 1.165) is 184 Å². The number of methoxy groups -OCH3 is 8. The van der Waals surface area contributed by atoms with Crippen LogP contribution in [0.4, 0.5) is 0 Å². The van der Waals surface area contributed by atoms with Crippen LogP contribution in [0.1, 0.15) is 175 Å². The van der Waals surface area contributed by atoms with Gasteiger partial charge < -0.3 is 58.3 Å². The number of benzene rings is 4. The quantitative estimate of drug-likeness (QED) is 0.0835. The molecule has 0 aromatic heterocycles. The fourth-order valence-electron chi connectivity index (χ4n) is 17.0. The molecule has 0 saturated carbocycles. The fraction of sp³-hybridized carbons (Fsp3) is 0.684. The molecule has 4 aromatic rings. The van der Waals surface area contributed by atoms with Crippen molar-refractivity contribution < 1.29 is 58.3 Å². The van der Waals surface area contributed by atoms with Crippen LogP contribution < -0.4 is 37.9 Å². The van der Waals surface area contributed by atoms with Gasteiger partial charge in [0.05, 0.1) is 81.3 Å². The second kappa shape index (κ2) is 35.6. The van der Waals surface area contributed by atoms with Crippen molar-refractivity contribution in [2.24, 2.45) is 47.3 Å². The monoisotopic (exact) mass is 1370 g/mol. The van der Waals surface area contributed by atoms with E-state index in [1.807, 2.05) is 0 Å². The Kier molecular flexibility index (Phi) is 28.6. The number of aliphatic hydroxyl groups excluding tert-OH is 4. The van der Waals surface area contributed by atoms with Crippen molar-refractivity contribution in [2.45, 2.75) is 181 Å². The molecular formula is C76H116N4O12S3. The Labute approximate surface area is 582 Å². The highest BCUT2D eigenvalue weighted by Gasteiger charge is 2.43. The maximum absolute atomic E-state index is 10.6. The highest BCUT2D eigenvalue weighted by molar-refractivity contribution is 8.37. The van der Waals surface area contributed by atoms with Gasteiger partial charge in [-0.1, -0.05) is 55.4 Å². The maximum Gasteiger partial charge on any atom is 0.161 e. The lowest BCUT2D eigenvalue weighted by molar-refractivity contribution is -0.0192. The van der Waals surface area contributed by atoms with Gasteiger partial charge in [-0.05, 0) is 217 Å². The van der Waals surface area contributed by atoms with Gasteiger partial charge in [-0.2, -0.15) is 0 Å². The Bertz CT molecular complexity index is 2750. The molecule has 0 amide bonds. The molecule has 530 valence electrons. The second-order valence-electron chi connectivity index (χ2n) is 29.5. The number of rotatable bonds is 16. The minimum Gasteiger partial charge on any atom is -0.493 e. The van der Waals surface area contributed by atoms with Crippen molar-refractivity contribution in [1.82, 2.24) is 19.6 Å². The van der Waals surface area contributed by atoms with E-state index in [-0.39, 0.29) is 24.4 Å². The summed E-state index contributed by atoms with van der Waals surface area (Å²) in [4.78, 5) is 10.2. The molecule has 8 aliphatic heterocycles. The summed E-state index contributed by atoms with van der Waals surface area (Å²) in [5.74, 6) is 10.4. The molecule has 0 unspecified atom stereocenters. The van der Waals surface area contributed by atoms with E-state index >= 15 is 0 Å². The first-order valence-corrected chi connectivity index (χ1v) is 37.8. The molecule has 16 nitrogen and oxygen atoms in total. The van der Waals surface area contributed by atoms with Crippen LogP contribution in [-0.4, -0.2) is 174 Å². The standard InChI is InChI=1S/4C19H29NO3.S3/c4*1-12(2)7-14-11-20-6-5-13-8-18(22-3)19(23-4)9-15(13)16(20)10-17(14)21;1-3-2/h4*8-9,12,14,16-17,21H,5-7,10-11H2,1-4H3;/t2*14-,16-,17+;2*14-,16-,17-;/m1010./s1. The summed E-state index contributed by atoms with van der Waals surface area (Å²) in [6.07, 6.45) is 11.0. The predicted molar refractivity (Wildman–Crippen MR) is 387 cm³/mol. The van der Waals surface area contributed by atoms with Crippen LogP contribution in [0.15, 0.2) is 48.5 Å². The number of piperidine rings is 4. The zero-order valence-corrected chi connectivity index (χ0v) is 62.5. The number of aliphatic hydroxyl groups is 4. The van der Waals surface area contributed by atoms with Crippen LogP contribution in [0.5, 0.6) is 46.0 Å². The van der Waals surface area contributed by atoms with E-state index in [1.54, 1.807) is 56.9 Å². The first kappa shape index (κ1) is 76.4. The van der Waals surface area contributed by atoms with Gasteiger partial charge in [-0.15, -0.1) is 0 Å². The summed E-state index contributed by atoms with van der Waals surface area (Å²) in [6.45, 7) is 26.1. The van der Waals surface area contributed by atoms with E-state index in [0.29, 0.717) is 71.5 Å². The molecule has 4 fully saturated rings. The Morgan fingerprint density at radius 2 is 0.505 bits per heavy atom. The molecule has 8 aliphatic rings. The lowest BCUT2D eigenvalue weighted by Crippen LogP contribution is -2.48. The lowest BCUT2D eigenvalue weighted by Gasteiger charge is -2.46. The number of ether oxygens (including phenoxy) is 8. The Morgan fingerprint density at radius 1 is 0.337 bits per heavy atom. The van der Waals surface area contributed by atoms with Gasteiger partial charge in [0.15, 0.2) is 46.0 Å². The summed E-state index contributed by atoms with van der Waals surface area (Å²) in [5.41, 5.74) is 10.5. The Hall–Kier alpha value is -4.38. The SMILES string of the molecule is COc1cc2c(cc1OC)[C@@H]1C[C@@H](O)[C@@H](CC(C)C)CN1CC2.COc1cc2c(cc1OC)[C@@H]1C[C@H](O)[C@@H](CC(C)C)CN1CC2.COc1cc2c(cc1OC)[C@H]1C[C@@H](O)[C@H](CC(C)C)CN1CC2.COc1cc2c(cc1OC)[C@H]1C[C@H](O)[C@H](CC(C)C)CN1CC2.S=S=S. The van der Waals surface area contributed by atoms with Crippen LogP contribution >= 0.6 is 0 Å². The molecule has 0 bridgehead atoms. The molecule has 4 aromatic carbocycles. The second-order valence-corrected chi connectivity index (χ2v) is 31.3. The normalized spacial score (nSPS) is 26.7. The highest BCUT2D eigenvalue weighted by Crippen LogP contribution is 2.49. The highest BCUT2D eigenvalue weighted by atomic mass is 33.1. The molecule has 19 heteroatoms. The van der Waals surface area contributed by atoms with Crippen LogP contribution in [0.25, 0.3) is 0 Å². The van der Waals surface area contributed by atoms with Crippen LogP contribution in [0.3, 0.4) is 0 Å². The molecular weight excluding hydrogens is 1260 g/mol. The zero-order valence-electron chi connectivity index (χ0n) is 60.1. The van der Waals surface area contributed by atoms with Crippen molar-refractivity contribution in [1.29, 1.82) is 0 Å². The average Bonchev–Trinajstić information content (AvgIpc) is 0.796. The van der Waals surface area contributed by atoms with Gasteiger partial charge in [-0.3, -0.25) is 19.6 Å². The van der Waals surface area contributed by atoms with Gasteiger partial charge >= 0.3 is 0 Å². The van der Waals surface area contributed by atoms with Gasteiger partial charge in [-0.25, -0.2) is 0 Å². The summed E-state index contributed by atoms with van der Waals surface area (Å²) in [5, 5.41) is 42.5. The third-order valence-electron chi connectivity index (χ3n) is 21.5. The molecule has 0 radical (unpaired) electrons. The minimum atomic E-state index is -0.210. The summed E-state index contributed by atoms with van der Waals surface area (Å²) < 4.78 is 43.6. The zero-order chi connectivity index (χ0) is 68.9. The third-order valence-corrected chi connectivity index (χ3v) is 21.5. The summed E-state index contributed by atoms with van der Waals surface area (Å²) in [7, 11) is 14.4. The molecule has 0 spiro atoms. The molecule has 4 saturated heterocycles. The van der Waals surface area contributed by atoms with Crippen LogP contribution in [0, 0.1) is 47.3 Å². The van der Waals surface area contributed by atoms with Gasteiger partial charge in [0.25, 0.3) is 0 Å². The van der Waals surface area contributed by atoms with E-state index in [2.05, 4.69) is 146 Å². The van der Waals surface area contributed by atoms with Crippen LogP contribution in [0.2, 0.25) is 0 Å².